The van der Waals surface area contributed by atoms with Gasteiger partial charge in [0.1, 0.15) is 12.8 Å². The minimum absolute atomic E-state index is 0.0536. The van der Waals surface area contributed by atoms with Gasteiger partial charge in [0.2, 0.25) is 5.69 Å². The number of rotatable bonds is 9. The Kier molecular flexibility index (Phi) is 8.60. The van der Waals surface area contributed by atoms with Crippen molar-refractivity contribution in [2.45, 2.75) is 64.8 Å². The lowest BCUT2D eigenvalue weighted by atomic mass is 9.81. The molecule has 2 heterocycles. The Hall–Kier alpha value is -3.37. The lowest BCUT2D eigenvalue weighted by Crippen LogP contribution is -2.40. The second kappa shape index (κ2) is 11.6. The molecule has 1 atom stereocenters. The van der Waals surface area contributed by atoms with Gasteiger partial charge in [-0.3, -0.25) is 0 Å². The highest BCUT2D eigenvalue weighted by molar-refractivity contribution is 6.03. The van der Waals surface area contributed by atoms with Crippen LogP contribution in [0.25, 0.3) is 0 Å². The van der Waals surface area contributed by atoms with Crippen molar-refractivity contribution in [3.8, 4) is 5.75 Å². The Morgan fingerprint density at radius 2 is 1.62 bits per heavy atom. The predicted octanol–water partition coefficient (Wildman–Crippen LogP) is 7.56. The molecular weight excluding hydrogens is 490 g/mol. The minimum Gasteiger partial charge on any atom is -0.497 e. The molecule has 4 nitrogen and oxygen atoms in total. The molecule has 2 aliphatic rings. The second-order valence-corrected chi connectivity index (χ2v) is 12.4. The zero-order valence-electron chi connectivity index (χ0n) is 26.2. The van der Waals surface area contributed by atoms with Gasteiger partial charge in [-0.2, -0.15) is 4.58 Å². The van der Waals surface area contributed by atoms with Gasteiger partial charge in [-0.15, -0.1) is 0 Å². The van der Waals surface area contributed by atoms with E-state index in [0.717, 1.165) is 18.7 Å². The summed E-state index contributed by atoms with van der Waals surface area (Å²) in [5, 5.41) is 0. The fourth-order valence-corrected chi connectivity index (χ4v) is 6.38. The summed E-state index contributed by atoms with van der Waals surface area (Å²) in [6.45, 7) is 14.8. The molecule has 0 N–H and O–H groups in total. The third-order valence-electron chi connectivity index (χ3n) is 8.56. The normalized spacial score (nSPS) is 19.6. The smallest absolute Gasteiger partial charge is 0.209 e. The van der Waals surface area contributed by atoms with Crippen LogP contribution in [0.4, 0.5) is 11.4 Å². The summed E-state index contributed by atoms with van der Waals surface area (Å²) < 4.78 is 7.76. The van der Waals surface area contributed by atoms with E-state index in [1.165, 1.54) is 39.5 Å². The maximum atomic E-state index is 5.48. The lowest BCUT2D eigenvalue weighted by molar-refractivity contribution is -0.401. The van der Waals surface area contributed by atoms with Gasteiger partial charge in [-0.25, -0.2) is 0 Å². The predicted molar refractivity (Wildman–Crippen MR) is 172 cm³/mol. The van der Waals surface area contributed by atoms with E-state index in [4.69, 9.17) is 4.74 Å². The van der Waals surface area contributed by atoms with Gasteiger partial charge in [0.25, 0.3) is 0 Å². The highest BCUT2D eigenvalue weighted by Crippen LogP contribution is 2.49. The first kappa shape index (κ1) is 29.6. The van der Waals surface area contributed by atoms with E-state index in [1.54, 1.807) is 7.11 Å². The van der Waals surface area contributed by atoms with Crippen LogP contribution in [0.1, 0.15) is 58.2 Å². The van der Waals surface area contributed by atoms with Crippen molar-refractivity contribution in [1.29, 1.82) is 0 Å². The molecule has 2 aromatic carbocycles. The lowest BCUT2D eigenvalue weighted by Gasteiger charge is -2.33. The summed E-state index contributed by atoms with van der Waals surface area (Å²) in [6, 6.07) is 13.7. The van der Waals surface area contributed by atoms with Crippen LogP contribution in [0, 0.1) is 0 Å². The number of ether oxygens (including phenoxy) is 1. The fraction of sp³-hybridized carbons (Fsp3) is 0.417. The molecule has 4 heteroatoms. The number of methoxy groups -OCH3 is 1. The van der Waals surface area contributed by atoms with Crippen LogP contribution in [0.3, 0.4) is 0 Å². The van der Waals surface area contributed by atoms with Gasteiger partial charge in [0.15, 0.2) is 5.71 Å². The number of allylic oxidation sites excluding steroid dienone is 8. The van der Waals surface area contributed by atoms with Crippen molar-refractivity contribution in [1.82, 2.24) is 4.90 Å². The van der Waals surface area contributed by atoms with Crippen molar-refractivity contribution in [3.05, 3.63) is 101 Å². The summed E-state index contributed by atoms with van der Waals surface area (Å²) in [5.74, 6) is 0.902. The first-order valence-corrected chi connectivity index (χ1v) is 14.5. The second-order valence-electron chi connectivity index (χ2n) is 12.4. The van der Waals surface area contributed by atoms with E-state index in [9.17, 15) is 0 Å². The number of aryl methyl sites for hydroxylation is 1. The molecular formula is C36H48N3O+. The van der Waals surface area contributed by atoms with E-state index >= 15 is 0 Å². The van der Waals surface area contributed by atoms with E-state index in [2.05, 4.69) is 150 Å². The van der Waals surface area contributed by atoms with Crippen LogP contribution in [0.2, 0.25) is 0 Å². The molecule has 212 valence electrons. The number of nitrogens with zero attached hydrogens (tertiary/aromatic N) is 3. The number of hydrogen-bond acceptors (Lipinski definition) is 3. The monoisotopic (exact) mass is 538 g/mol. The Morgan fingerprint density at radius 1 is 0.925 bits per heavy atom. The maximum absolute atomic E-state index is 5.48. The van der Waals surface area contributed by atoms with Crippen LogP contribution in [0.5, 0.6) is 5.75 Å². The summed E-state index contributed by atoms with van der Waals surface area (Å²) >= 11 is 0. The minimum atomic E-state index is -0.0867. The molecule has 2 aliphatic heterocycles. The van der Waals surface area contributed by atoms with Crippen LogP contribution in [0.15, 0.2) is 84.6 Å². The number of fused-ring (bicyclic) bond motifs is 2. The topological polar surface area (TPSA) is 18.7 Å². The molecule has 0 aliphatic carbocycles. The van der Waals surface area contributed by atoms with E-state index in [0.29, 0.717) is 6.04 Å². The van der Waals surface area contributed by atoms with Crippen LogP contribution in [-0.2, 0) is 17.3 Å². The summed E-state index contributed by atoms with van der Waals surface area (Å²) in [4.78, 5) is 4.82. The number of anilines is 1. The first-order valence-electron chi connectivity index (χ1n) is 14.5. The van der Waals surface area contributed by atoms with Gasteiger partial charge >= 0.3 is 0 Å². The standard InChI is InChI=1S/C36H48N3O/c1-11-27-19-21-32-29(23-27)36(5,6)34(39(32)26(2)25-37(7)8)18-16-14-12-13-15-17-33-35(3,4)30-24-28(40-10)20-22-31(30)38(33)9/h12-24,26H,11,25H2,1-10H3/q+1. The zero-order chi connectivity index (χ0) is 29.2. The fourth-order valence-electron chi connectivity index (χ4n) is 6.38. The Balaban J connectivity index is 1.54. The van der Waals surface area contributed by atoms with Crippen molar-refractivity contribution in [2.24, 2.45) is 0 Å². The third-order valence-corrected chi connectivity index (χ3v) is 8.56. The molecule has 0 saturated heterocycles. The molecule has 0 saturated carbocycles. The SMILES string of the molecule is CCc1ccc2c(c1)C(C)(C)C(=CC=CC=CC=CC1=[N+](C)c3ccc(OC)cc3C1(C)C)N2C(C)CN(C)C. The van der Waals surface area contributed by atoms with Crippen molar-refractivity contribution < 1.29 is 9.31 Å². The van der Waals surface area contributed by atoms with Crippen molar-refractivity contribution in [3.63, 3.8) is 0 Å². The van der Waals surface area contributed by atoms with Gasteiger partial charge < -0.3 is 14.5 Å². The van der Waals surface area contributed by atoms with Gasteiger partial charge in [0.05, 0.1) is 12.5 Å². The van der Waals surface area contributed by atoms with Gasteiger partial charge in [-0.1, -0.05) is 63.3 Å². The number of hydrogen-bond donors (Lipinski definition) is 0. The third kappa shape index (κ3) is 5.47. The molecule has 0 radical (unpaired) electrons. The van der Waals surface area contributed by atoms with Crippen LogP contribution >= 0.6 is 0 Å². The molecule has 2 aromatic rings. The quantitative estimate of drug-likeness (QED) is 0.242. The number of likely N-dealkylation sites (N-methyl/N-ethyl adjacent to an activating group) is 1. The Labute approximate surface area is 242 Å². The zero-order valence-corrected chi connectivity index (χ0v) is 26.2. The molecule has 0 fully saturated rings. The van der Waals surface area contributed by atoms with Gasteiger partial charge in [0, 0.05) is 47.1 Å². The summed E-state index contributed by atoms with van der Waals surface area (Å²) in [7, 11) is 8.17. The Bertz CT molecular complexity index is 1400. The summed E-state index contributed by atoms with van der Waals surface area (Å²) in [6.07, 6.45) is 16.3. The average Bonchev–Trinajstić information content (AvgIpc) is 3.25. The number of benzene rings is 2. The molecule has 40 heavy (non-hydrogen) atoms. The average molecular weight is 539 g/mol. The van der Waals surface area contributed by atoms with Gasteiger partial charge in [-0.05, 0) is 76.7 Å². The Morgan fingerprint density at radius 3 is 2.30 bits per heavy atom. The van der Waals surface area contributed by atoms with Crippen LogP contribution in [-0.4, -0.2) is 56.0 Å². The first-order chi connectivity index (χ1) is 18.9. The molecule has 0 amide bonds. The van der Waals surface area contributed by atoms with Crippen LogP contribution < -0.4 is 9.64 Å². The van der Waals surface area contributed by atoms with E-state index in [1.807, 2.05) is 6.07 Å². The maximum Gasteiger partial charge on any atom is 0.209 e. The summed E-state index contributed by atoms with van der Waals surface area (Å²) in [5.41, 5.74) is 9.18. The molecule has 1 unspecified atom stereocenters. The van der Waals surface area contributed by atoms with Crippen molar-refractivity contribution in [2.75, 3.05) is 39.7 Å². The highest BCUT2D eigenvalue weighted by atomic mass is 16.5. The van der Waals surface area contributed by atoms with E-state index in [-0.39, 0.29) is 10.8 Å². The molecule has 0 aromatic heterocycles. The molecule has 0 bridgehead atoms. The molecule has 4 rings (SSSR count). The largest absolute Gasteiger partial charge is 0.497 e. The van der Waals surface area contributed by atoms with Crippen molar-refractivity contribution >= 4 is 17.1 Å². The highest BCUT2D eigenvalue weighted by Gasteiger charge is 2.43. The van der Waals surface area contributed by atoms with E-state index < -0.39 is 0 Å². The molecule has 0 spiro atoms.